The van der Waals surface area contributed by atoms with Crippen LogP contribution in [0.4, 0.5) is 0 Å². The Kier molecular flexibility index (Phi) is 3.36. The summed E-state index contributed by atoms with van der Waals surface area (Å²) in [6, 6.07) is 15.2. The molecule has 0 amide bonds. The summed E-state index contributed by atoms with van der Waals surface area (Å²) in [5, 5.41) is 0. The number of aryl methyl sites for hydroxylation is 2. The van der Waals surface area contributed by atoms with Crippen LogP contribution in [0, 0.1) is 31.6 Å². The summed E-state index contributed by atoms with van der Waals surface area (Å²) in [6.45, 7) is 6.55. The average Bonchev–Trinajstić information content (AvgIpc) is 3.15. The fourth-order valence-electron chi connectivity index (χ4n) is 2.69. The molecule has 2 aromatic rings. The number of rotatable bonds is 1. The molecular weight excluding hydrogens is 240 g/mol. The molecule has 2 aromatic carbocycles. The highest BCUT2D eigenvalue weighted by molar-refractivity contribution is 5.47. The zero-order chi connectivity index (χ0) is 14.1. The van der Waals surface area contributed by atoms with Gasteiger partial charge in [-0.3, -0.25) is 0 Å². The normalized spacial score (nSPS) is 20.1. The minimum Gasteiger partial charge on any atom is -0.0619 e. The molecule has 0 saturated heterocycles. The Morgan fingerprint density at radius 3 is 2.25 bits per heavy atom. The quantitative estimate of drug-likeness (QED) is 0.644. The van der Waals surface area contributed by atoms with E-state index in [1.807, 2.05) is 0 Å². The molecule has 0 bridgehead atoms. The van der Waals surface area contributed by atoms with E-state index in [4.69, 9.17) is 0 Å². The molecule has 1 saturated carbocycles. The van der Waals surface area contributed by atoms with Crippen molar-refractivity contribution in [1.82, 2.24) is 0 Å². The third-order valence-corrected chi connectivity index (χ3v) is 4.17. The summed E-state index contributed by atoms with van der Waals surface area (Å²) < 4.78 is 0. The lowest BCUT2D eigenvalue weighted by atomic mass is 10.0. The van der Waals surface area contributed by atoms with E-state index >= 15 is 0 Å². The fourth-order valence-corrected chi connectivity index (χ4v) is 2.69. The summed E-state index contributed by atoms with van der Waals surface area (Å²) in [5.41, 5.74) is 6.23. The van der Waals surface area contributed by atoms with E-state index in [1.54, 1.807) is 0 Å². The first kappa shape index (κ1) is 13.0. The third-order valence-electron chi connectivity index (χ3n) is 4.17. The molecule has 0 aromatic heterocycles. The van der Waals surface area contributed by atoms with Crippen molar-refractivity contribution in [3.8, 4) is 11.8 Å². The van der Waals surface area contributed by atoms with Crippen molar-refractivity contribution in [2.45, 2.75) is 33.1 Å². The molecule has 2 atom stereocenters. The van der Waals surface area contributed by atoms with Gasteiger partial charge < -0.3 is 0 Å². The van der Waals surface area contributed by atoms with Crippen molar-refractivity contribution in [3.63, 3.8) is 0 Å². The first-order valence-corrected chi connectivity index (χ1v) is 7.33. The predicted molar refractivity (Wildman–Crippen MR) is 84.9 cm³/mol. The Labute approximate surface area is 121 Å². The summed E-state index contributed by atoms with van der Waals surface area (Å²) in [5.74, 6) is 8.20. The van der Waals surface area contributed by atoms with Crippen molar-refractivity contribution in [3.05, 3.63) is 70.3 Å². The van der Waals surface area contributed by atoms with Crippen LogP contribution < -0.4 is 0 Å². The van der Waals surface area contributed by atoms with E-state index < -0.39 is 0 Å². The highest BCUT2D eigenvalue weighted by Crippen LogP contribution is 2.46. The van der Waals surface area contributed by atoms with E-state index in [1.165, 1.54) is 23.1 Å². The SMILES string of the molecule is Cc1ccc(C#Cc2ccc(C3CC3C)cc2)c(C)c1. The van der Waals surface area contributed by atoms with Gasteiger partial charge in [-0.25, -0.2) is 0 Å². The molecule has 3 rings (SSSR count). The van der Waals surface area contributed by atoms with Crippen LogP contribution in [0.1, 0.15) is 47.1 Å². The highest BCUT2D eigenvalue weighted by atomic mass is 14.4. The molecule has 0 nitrogen and oxygen atoms in total. The van der Waals surface area contributed by atoms with Crippen molar-refractivity contribution < 1.29 is 0 Å². The molecule has 0 spiro atoms. The summed E-state index contributed by atoms with van der Waals surface area (Å²) in [7, 11) is 0. The van der Waals surface area contributed by atoms with Crippen LogP contribution in [0.2, 0.25) is 0 Å². The van der Waals surface area contributed by atoms with Crippen molar-refractivity contribution in [1.29, 1.82) is 0 Å². The molecule has 0 radical (unpaired) electrons. The lowest BCUT2D eigenvalue weighted by Crippen LogP contribution is -1.84. The van der Waals surface area contributed by atoms with E-state index in [-0.39, 0.29) is 0 Å². The van der Waals surface area contributed by atoms with E-state index in [2.05, 4.69) is 75.1 Å². The zero-order valence-electron chi connectivity index (χ0n) is 12.4. The van der Waals surface area contributed by atoms with Crippen LogP contribution in [0.5, 0.6) is 0 Å². The van der Waals surface area contributed by atoms with E-state index in [0.29, 0.717) is 0 Å². The second-order valence-corrected chi connectivity index (χ2v) is 6.01. The maximum Gasteiger partial charge on any atom is 0.0278 e. The smallest absolute Gasteiger partial charge is 0.0278 e. The molecule has 2 unspecified atom stereocenters. The maximum absolute atomic E-state index is 3.28. The molecule has 20 heavy (non-hydrogen) atoms. The van der Waals surface area contributed by atoms with Gasteiger partial charge in [-0.2, -0.15) is 0 Å². The van der Waals surface area contributed by atoms with Gasteiger partial charge in [0.15, 0.2) is 0 Å². The van der Waals surface area contributed by atoms with Gasteiger partial charge in [-0.15, -0.1) is 0 Å². The maximum atomic E-state index is 3.28. The Morgan fingerprint density at radius 2 is 1.65 bits per heavy atom. The fraction of sp³-hybridized carbons (Fsp3) is 0.300. The number of hydrogen-bond acceptors (Lipinski definition) is 0. The Bertz CT molecular complexity index is 680. The van der Waals surface area contributed by atoms with Gasteiger partial charge in [0, 0.05) is 11.1 Å². The van der Waals surface area contributed by atoms with Crippen LogP contribution in [0.3, 0.4) is 0 Å². The number of hydrogen-bond donors (Lipinski definition) is 0. The topological polar surface area (TPSA) is 0 Å². The second-order valence-electron chi connectivity index (χ2n) is 6.01. The first-order valence-electron chi connectivity index (χ1n) is 7.33. The highest BCUT2D eigenvalue weighted by Gasteiger charge is 2.33. The first-order chi connectivity index (χ1) is 9.63. The van der Waals surface area contributed by atoms with Crippen LogP contribution in [-0.4, -0.2) is 0 Å². The Hall–Kier alpha value is -2.00. The van der Waals surface area contributed by atoms with Crippen molar-refractivity contribution in [2.75, 3.05) is 0 Å². The van der Waals surface area contributed by atoms with Crippen LogP contribution in [0.15, 0.2) is 42.5 Å². The Balaban J connectivity index is 1.79. The summed E-state index contributed by atoms with van der Waals surface area (Å²) in [4.78, 5) is 0. The average molecular weight is 260 g/mol. The monoisotopic (exact) mass is 260 g/mol. The number of benzene rings is 2. The zero-order valence-corrected chi connectivity index (χ0v) is 12.4. The largest absolute Gasteiger partial charge is 0.0619 e. The molecule has 1 fully saturated rings. The van der Waals surface area contributed by atoms with Gasteiger partial charge >= 0.3 is 0 Å². The molecule has 0 aliphatic heterocycles. The molecular formula is C20H20. The van der Waals surface area contributed by atoms with E-state index in [9.17, 15) is 0 Å². The lowest BCUT2D eigenvalue weighted by Gasteiger charge is -2.00. The van der Waals surface area contributed by atoms with Gasteiger partial charge in [0.25, 0.3) is 0 Å². The minimum absolute atomic E-state index is 0.788. The molecule has 0 N–H and O–H groups in total. The third kappa shape index (κ3) is 2.78. The summed E-state index contributed by atoms with van der Waals surface area (Å²) in [6.07, 6.45) is 1.34. The predicted octanol–water partition coefficient (Wildman–Crippen LogP) is 4.83. The Morgan fingerprint density at radius 1 is 0.950 bits per heavy atom. The molecule has 0 heteroatoms. The minimum atomic E-state index is 0.788. The van der Waals surface area contributed by atoms with Crippen LogP contribution >= 0.6 is 0 Å². The lowest BCUT2D eigenvalue weighted by molar-refractivity contribution is 0.914. The van der Waals surface area contributed by atoms with Crippen LogP contribution in [-0.2, 0) is 0 Å². The summed E-state index contributed by atoms with van der Waals surface area (Å²) >= 11 is 0. The van der Waals surface area contributed by atoms with E-state index in [0.717, 1.165) is 23.0 Å². The molecule has 100 valence electrons. The standard InChI is InChI=1S/C20H20/c1-14-4-8-18(15(2)12-14)9-5-17-6-10-19(11-7-17)20-13-16(20)3/h4,6-8,10-12,16,20H,13H2,1-3H3. The van der Waals surface area contributed by atoms with Gasteiger partial charge in [0.1, 0.15) is 0 Å². The second kappa shape index (κ2) is 5.17. The van der Waals surface area contributed by atoms with Gasteiger partial charge in [0.05, 0.1) is 0 Å². The molecule has 1 aliphatic rings. The van der Waals surface area contributed by atoms with Gasteiger partial charge in [-0.05, 0) is 61.4 Å². The van der Waals surface area contributed by atoms with Crippen LogP contribution in [0.25, 0.3) is 0 Å². The molecule has 0 heterocycles. The van der Waals surface area contributed by atoms with Gasteiger partial charge in [0.2, 0.25) is 0 Å². The van der Waals surface area contributed by atoms with Crippen molar-refractivity contribution in [2.24, 2.45) is 5.92 Å². The van der Waals surface area contributed by atoms with Gasteiger partial charge in [-0.1, -0.05) is 48.6 Å². The van der Waals surface area contributed by atoms with Crippen molar-refractivity contribution >= 4 is 0 Å². The molecule has 1 aliphatic carbocycles.